The molecule has 0 radical (unpaired) electrons. The monoisotopic (exact) mass is 287 g/mol. The molecule has 2 rings (SSSR count). The van der Waals surface area contributed by atoms with Crippen LogP contribution in [0.25, 0.3) is 0 Å². The maximum absolute atomic E-state index is 12.3. The molecule has 1 aromatic rings. The van der Waals surface area contributed by atoms with Crippen molar-refractivity contribution in [3.05, 3.63) is 28.0 Å². The first-order valence-electron chi connectivity index (χ1n) is 5.41. The predicted molar refractivity (Wildman–Crippen MR) is 67.8 cm³/mol. The molecule has 1 fully saturated rings. The number of hydrogen-bond acceptors (Lipinski definition) is 3. The SMILES string of the molecule is CC1C(=O)NCCN1C(=O)c1ccc(Cl)nc1Cl. The van der Waals surface area contributed by atoms with Crippen molar-refractivity contribution in [3.8, 4) is 0 Å². The van der Waals surface area contributed by atoms with E-state index in [0.29, 0.717) is 13.1 Å². The van der Waals surface area contributed by atoms with Gasteiger partial charge in [-0.25, -0.2) is 4.98 Å². The summed E-state index contributed by atoms with van der Waals surface area (Å²) in [6.45, 7) is 2.56. The Bertz CT molecular complexity index is 507. The lowest BCUT2D eigenvalue weighted by atomic mass is 10.1. The molecule has 1 aliphatic rings. The molecule has 96 valence electrons. The summed E-state index contributed by atoms with van der Waals surface area (Å²) in [5.74, 6) is -0.487. The van der Waals surface area contributed by atoms with Crippen LogP contribution in [0.4, 0.5) is 0 Å². The maximum Gasteiger partial charge on any atom is 0.257 e. The molecule has 18 heavy (non-hydrogen) atoms. The summed E-state index contributed by atoms with van der Waals surface area (Å²) in [6.07, 6.45) is 0. The van der Waals surface area contributed by atoms with Gasteiger partial charge in [-0.1, -0.05) is 23.2 Å². The number of aromatic nitrogens is 1. The van der Waals surface area contributed by atoms with E-state index in [0.717, 1.165) is 0 Å². The van der Waals surface area contributed by atoms with Crippen LogP contribution >= 0.6 is 23.2 Å². The number of hydrogen-bond donors (Lipinski definition) is 1. The molecule has 1 atom stereocenters. The molecule has 1 unspecified atom stereocenters. The number of halogens is 2. The molecule has 2 heterocycles. The zero-order chi connectivity index (χ0) is 13.3. The summed E-state index contributed by atoms with van der Waals surface area (Å²) in [7, 11) is 0. The predicted octanol–water partition coefficient (Wildman–Crippen LogP) is 1.35. The van der Waals surface area contributed by atoms with Gasteiger partial charge in [-0.05, 0) is 19.1 Å². The van der Waals surface area contributed by atoms with Crippen molar-refractivity contribution in [1.29, 1.82) is 0 Å². The van der Waals surface area contributed by atoms with E-state index < -0.39 is 6.04 Å². The van der Waals surface area contributed by atoms with Gasteiger partial charge in [0.15, 0.2) is 0 Å². The van der Waals surface area contributed by atoms with Crippen molar-refractivity contribution in [3.63, 3.8) is 0 Å². The second-order valence-electron chi connectivity index (χ2n) is 3.94. The van der Waals surface area contributed by atoms with Crippen LogP contribution in [0.2, 0.25) is 10.3 Å². The average molecular weight is 288 g/mol. The Balaban J connectivity index is 2.28. The summed E-state index contributed by atoms with van der Waals surface area (Å²) >= 11 is 11.6. The normalized spacial score (nSPS) is 19.6. The smallest absolute Gasteiger partial charge is 0.257 e. The standard InChI is InChI=1S/C11H11Cl2N3O2/c1-6-10(17)14-4-5-16(6)11(18)7-2-3-8(12)15-9(7)13/h2-3,6H,4-5H2,1H3,(H,14,17). The highest BCUT2D eigenvalue weighted by Crippen LogP contribution is 2.20. The van der Waals surface area contributed by atoms with E-state index in [1.165, 1.54) is 17.0 Å². The molecule has 1 aliphatic heterocycles. The molecule has 5 nitrogen and oxygen atoms in total. The fourth-order valence-corrected chi connectivity index (χ4v) is 2.21. The zero-order valence-corrected chi connectivity index (χ0v) is 11.1. The lowest BCUT2D eigenvalue weighted by Crippen LogP contribution is -2.55. The van der Waals surface area contributed by atoms with Gasteiger partial charge in [0.2, 0.25) is 5.91 Å². The fourth-order valence-electron chi connectivity index (χ4n) is 1.79. The van der Waals surface area contributed by atoms with Crippen molar-refractivity contribution < 1.29 is 9.59 Å². The number of carbonyl (C=O) groups is 2. The Hall–Kier alpha value is -1.33. The third-order valence-electron chi connectivity index (χ3n) is 2.80. The van der Waals surface area contributed by atoms with Crippen molar-refractivity contribution >= 4 is 35.0 Å². The van der Waals surface area contributed by atoms with E-state index in [4.69, 9.17) is 23.2 Å². The van der Waals surface area contributed by atoms with E-state index in [1.807, 2.05) is 0 Å². The maximum atomic E-state index is 12.3. The van der Waals surface area contributed by atoms with E-state index in [-0.39, 0.29) is 27.7 Å². The van der Waals surface area contributed by atoms with E-state index in [1.54, 1.807) is 6.92 Å². The molecule has 0 aliphatic carbocycles. The molecule has 1 N–H and O–H groups in total. The highest BCUT2D eigenvalue weighted by molar-refractivity contribution is 6.34. The van der Waals surface area contributed by atoms with Crippen LogP contribution < -0.4 is 5.32 Å². The first-order valence-corrected chi connectivity index (χ1v) is 6.17. The largest absolute Gasteiger partial charge is 0.353 e. The number of amides is 2. The molecule has 7 heteroatoms. The summed E-state index contributed by atoms with van der Waals surface area (Å²) in [4.78, 5) is 29.1. The van der Waals surface area contributed by atoms with E-state index >= 15 is 0 Å². The number of carbonyl (C=O) groups excluding carboxylic acids is 2. The van der Waals surface area contributed by atoms with Crippen molar-refractivity contribution in [2.24, 2.45) is 0 Å². The van der Waals surface area contributed by atoms with Crippen molar-refractivity contribution in [1.82, 2.24) is 15.2 Å². The number of pyridine rings is 1. The lowest BCUT2D eigenvalue weighted by Gasteiger charge is -2.32. The third kappa shape index (κ3) is 2.42. The second kappa shape index (κ2) is 5.12. The van der Waals surface area contributed by atoms with Gasteiger partial charge < -0.3 is 10.2 Å². The summed E-state index contributed by atoms with van der Waals surface area (Å²) < 4.78 is 0. The number of nitrogens with zero attached hydrogens (tertiary/aromatic N) is 2. The van der Waals surface area contributed by atoms with Crippen LogP contribution in [0.15, 0.2) is 12.1 Å². The van der Waals surface area contributed by atoms with Crippen LogP contribution in [0.1, 0.15) is 17.3 Å². The Morgan fingerprint density at radius 2 is 2.22 bits per heavy atom. The van der Waals surface area contributed by atoms with E-state index in [2.05, 4.69) is 10.3 Å². The van der Waals surface area contributed by atoms with Crippen molar-refractivity contribution in [2.45, 2.75) is 13.0 Å². The minimum absolute atomic E-state index is 0.0469. The quantitative estimate of drug-likeness (QED) is 0.793. The first-order chi connectivity index (χ1) is 8.50. The Kier molecular flexibility index (Phi) is 3.73. The number of nitrogens with one attached hydrogen (secondary N) is 1. The van der Waals surface area contributed by atoms with E-state index in [9.17, 15) is 9.59 Å². The molecule has 0 bridgehead atoms. The summed E-state index contributed by atoms with van der Waals surface area (Å²) in [6, 6.07) is 2.49. The van der Waals surface area contributed by atoms with Crippen LogP contribution in [0.3, 0.4) is 0 Å². The minimum atomic E-state index is -0.516. The Labute approximate surface area is 114 Å². The molecule has 0 aromatic carbocycles. The highest BCUT2D eigenvalue weighted by atomic mass is 35.5. The molecule has 0 spiro atoms. The Morgan fingerprint density at radius 3 is 2.89 bits per heavy atom. The Morgan fingerprint density at radius 1 is 1.50 bits per heavy atom. The van der Waals surface area contributed by atoms with Crippen LogP contribution in [0.5, 0.6) is 0 Å². The van der Waals surface area contributed by atoms with Gasteiger partial charge in [0.05, 0.1) is 5.56 Å². The molecular formula is C11H11Cl2N3O2. The van der Waals surface area contributed by atoms with Crippen LogP contribution in [-0.2, 0) is 4.79 Å². The highest BCUT2D eigenvalue weighted by Gasteiger charge is 2.30. The molecule has 1 saturated heterocycles. The third-order valence-corrected chi connectivity index (χ3v) is 3.30. The zero-order valence-electron chi connectivity index (χ0n) is 9.61. The number of rotatable bonds is 1. The topological polar surface area (TPSA) is 62.3 Å². The minimum Gasteiger partial charge on any atom is -0.353 e. The summed E-state index contributed by atoms with van der Waals surface area (Å²) in [5.41, 5.74) is 0.252. The van der Waals surface area contributed by atoms with Gasteiger partial charge in [0.1, 0.15) is 16.3 Å². The lowest BCUT2D eigenvalue weighted by molar-refractivity contribution is -0.127. The molecule has 2 amide bonds. The van der Waals surface area contributed by atoms with Gasteiger partial charge in [-0.2, -0.15) is 0 Å². The molecule has 0 saturated carbocycles. The first kappa shape index (κ1) is 13.1. The van der Waals surface area contributed by atoms with Gasteiger partial charge in [0, 0.05) is 13.1 Å². The van der Waals surface area contributed by atoms with Gasteiger partial charge >= 0.3 is 0 Å². The van der Waals surface area contributed by atoms with Gasteiger partial charge in [-0.3, -0.25) is 9.59 Å². The van der Waals surface area contributed by atoms with Crippen LogP contribution in [-0.4, -0.2) is 40.8 Å². The van der Waals surface area contributed by atoms with Gasteiger partial charge in [0.25, 0.3) is 5.91 Å². The van der Waals surface area contributed by atoms with Gasteiger partial charge in [-0.15, -0.1) is 0 Å². The fraction of sp³-hybridized carbons (Fsp3) is 0.364. The molecule has 1 aromatic heterocycles. The van der Waals surface area contributed by atoms with Crippen molar-refractivity contribution in [2.75, 3.05) is 13.1 Å². The second-order valence-corrected chi connectivity index (χ2v) is 4.68. The average Bonchev–Trinajstić information content (AvgIpc) is 2.32. The molecular weight excluding hydrogens is 277 g/mol. The van der Waals surface area contributed by atoms with Crippen LogP contribution in [0, 0.1) is 0 Å². The number of piperazine rings is 1. The summed E-state index contributed by atoms with van der Waals surface area (Å²) in [5, 5.41) is 2.96.